The molecule has 15 heteroatoms. The SMILES string of the molecule is C[C@H](NC(=O)C(Cc1ccc(O)cc1)NC(=O)CNC(=O)c1ccc([S+](c2ccccc2)c2ccccc2)cc1)C(=O)NN(Cc1cnc[nH]1)C(N)=O. The minimum atomic E-state index is -1.18. The van der Waals surface area contributed by atoms with E-state index in [9.17, 15) is 29.1 Å². The molecule has 0 aliphatic heterocycles. The van der Waals surface area contributed by atoms with Crippen LogP contribution in [0.2, 0.25) is 0 Å². The van der Waals surface area contributed by atoms with E-state index in [2.05, 4.69) is 55.6 Å². The Morgan fingerprint density at radius 1 is 0.811 bits per heavy atom. The van der Waals surface area contributed by atoms with Crippen molar-refractivity contribution in [3.05, 3.63) is 139 Å². The third kappa shape index (κ3) is 10.7. The molecular weight excluding hydrogens is 697 g/mol. The van der Waals surface area contributed by atoms with Gasteiger partial charge in [0.25, 0.3) is 11.8 Å². The van der Waals surface area contributed by atoms with Gasteiger partial charge in [-0.3, -0.25) is 24.6 Å². The van der Waals surface area contributed by atoms with Gasteiger partial charge in [-0.1, -0.05) is 48.5 Å². The molecule has 272 valence electrons. The average molecular weight is 736 g/mol. The minimum Gasteiger partial charge on any atom is -0.508 e. The van der Waals surface area contributed by atoms with E-state index in [0.29, 0.717) is 16.8 Å². The Kier molecular flexibility index (Phi) is 12.8. The van der Waals surface area contributed by atoms with Crippen LogP contribution >= 0.6 is 0 Å². The maximum absolute atomic E-state index is 13.4. The minimum absolute atomic E-state index is 0.000388. The Bertz CT molecular complexity index is 1960. The largest absolute Gasteiger partial charge is 0.508 e. The van der Waals surface area contributed by atoms with E-state index in [1.807, 2.05) is 48.5 Å². The lowest BCUT2D eigenvalue weighted by Gasteiger charge is -2.25. The second-order valence-corrected chi connectivity index (χ2v) is 13.9. The van der Waals surface area contributed by atoms with E-state index < -0.39 is 59.2 Å². The molecule has 0 aliphatic rings. The van der Waals surface area contributed by atoms with Gasteiger partial charge in [0.15, 0.2) is 14.7 Å². The number of primary amides is 1. The van der Waals surface area contributed by atoms with Crippen molar-refractivity contribution in [2.24, 2.45) is 5.73 Å². The molecule has 0 saturated carbocycles. The van der Waals surface area contributed by atoms with Gasteiger partial charge in [0.1, 0.15) is 17.8 Å². The second-order valence-electron chi connectivity index (χ2n) is 11.8. The van der Waals surface area contributed by atoms with E-state index in [-0.39, 0.29) is 18.7 Å². The number of nitrogens with one attached hydrogen (secondary N) is 5. The van der Waals surface area contributed by atoms with E-state index in [0.717, 1.165) is 19.7 Å². The summed E-state index contributed by atoms with van der Waals surface area (Å²) in [6.45, 7) is 0.866. The molecule has 0 bridgehead atoms. The summed E-state index contributed by atoms with van der Waals surface area (Å²) >= 11 is 0. The number of phenols is 1. The van der Waals surface area contributed by atoms with E-state index >= 15 is 0 Å². The van der Waals surface area contributed by atoms with Gasteiger partial charge >= 0.3 is 6.03 Å². The molecule has 0 radical (unpaired) electrons. The molecule has 0 aliphatic carbocycles. The fourth-order valence-corrected chi connectivity index (χ4v) is 7.26. The van der Waals surface area contributed by atoms with Crippen LogP contribution in [0.1, 0.15) is 28.5 Å². The molecule has 1 aromatic heterocycles. The second kappa shape index (κ2) is 18.1. The number of imidazole rings is 1. The number of carbonyl (C=O) groups is 5. The molecule has 1 unspecified atom stereocenters. The zero-order chi connectivity index (χ0) is 37.7. The zero-order valence-electron chi connectivity index (χ0n) is 28.7. The third-order valence-electron chi connectivity index (χ3n) is 7.89. The van der Waals surface area contributed by atoms with Crippen LogP contribution in [0.15, 0.2) is 136 Å². The number of carbonyl (C=O) groups excluding carboxylic acids is 5. The summed E-state index contributed by atoms with van der Waals surface area (Å²) in [7, 11) is -0.396. The van der Waals surface area contributed by atoms with Crippen LogP contribution in [0.5, 0.6) is 5.75 Å². The highest BCUT2D eigenvalue weighted by atomic mass is 32.2. The number of amides is 6. The number of hydrogen-bond acceptors (Lipinski definition) is 7. The first-order chi connectivity index (χ1) is 25.6. The van der Waals surface area contributed by atoms with Crippen molar-refractivity contribution in [3.8, 4) is 5.75 Å². The summed E-state index contributed by atoms with van der Waals surface area (Å²) in [6, 6.07) is 30.2. The normalized spacial score (nSPS) is 11.9. The number of aromatic hydroxyl groups is 1. The molecule has 4 aromatic carbocycles. The first kappa shape index (κ1) is 37.6. The van der Waals surface area contributed by atoms with Gasteiger partial charge < -0.3 is 31.8 Å². The maximum Gasteiger partial charge on any atom is 0.333 e. The summed E-state index contributed by atoms with van der Waals surface area (Å²) in [5, 5.41) is 18.3. The molecule has 1 heterocycles. The quantitative estimate of drug-likeness (QED) is 0.0669. The molecule has 14 nitrogen and oxygen atoms in total. The summed E-state index contributed by atoms with van der Waals surface area (Å²) in [5.41, 5.74) is 9.23. The Hall–Kier alpha value is -6.61. The number of benzene rings is 4. The topological polar surface area (TPSA) is 212 Å². The number of phenolic OH excluding ortho intramolecular Hbond substituents is 1. The Morgan fingerprint density at radius 2 is 1.42 bits per heavy atom. The molecule has 53 heavy (non-hydrogen) atoms. The van der Waals surface area contributed by atoms with Gasteiger partial charge in [0, 0.05) is 18.2 Å². The Balaban J connectivity index is 1.21. The van der Waals surface area contributed by atoms with Gasteiger partial charge in [-0.05, 0) is 73.2 Å². The number of nitrogens with two attached hydrogens (primary N) is 1. The standard InChI is InChI=1S/C38H38N8O6S/c1-25(35(49)45-46(38(39)52)23-28-21-40-24-42-28)43-37(51)33(20-26-12-16-29(47)17-13-26)44-34(48)22-41-36(50)27-14-18-32(19-15-27)53(30-8-4-2-5-9-30)31-10-6-3-7-11-31/h2-19,21,24-25,33H,20,22-23H2,1H3,(H7-,39,40,41,42,43,44,45,47,48,49,50,51,52)/p+1/t25-,33?/m0/s1. The summed E-state index contributed by atoms with van der Waals surface area (Å²) in [6.07, 6.45) is 2.86. The van der Waals surface area contributed by atoms with E-state index in [1.165, 1.54) is 31.6 Å². The molecule has 8 N–H and O–H groups in total. The fraction of sp³-hybridized carbons (Fsp3) is 0.158. The smallest absolute Gasteiger partial charge is 0.333 e. The van der Waals surface area contributed by atoms with Crippen LogP contribution in [-0.4, -0.2) is 68.4 Å². The molecular formula is C38H39N8O6S+. The number of urea groups is 1. The number of nitrogens with zero attached hydrogens (tertiary/aromatic N) is 2. The maximum atomic E-state index is 13.4. The summed E-state index contributed by atoms with van der Waals surface area (Å²) in [5.74, 6) is -2.57. The van der Waals surface area contributed by atoms with Crippen LogP contribution in [0, 0.1) is 0 Å². The molecule has 0 spiro atoms. The molecule has 5 aromatic rings. The highest BCUT2D eigenvalue weighted by molar-refractivity contribution is 7.97. The van der Waals surface area contributed by atoms with Gasteiger partial charge in [-0.25, -0.2) is 14.8 Å². The van der Waals surface area contributed by atoms with Crippen LogP contribution in [0.3, 0.4) is 0 Å². The van der Waals surface area contributed by atoms with Crippen LogP contribution < -0.4 is 27.1 Å². The van der Waals surface area contributed by atoms with E-state index in [1.54, 1.807) is 24.3 Å². The fourth-order valence-electron chi connectivity index (χ4n) is 5.17. The van der Waals surface area contributed by atoms with Crippen LogP contribution in [0.4, 0.5) is 4.79 Å². The van der Waals surface area contributed by atoms with Crippen LogP contribution in [0.25, 0.3) is 0 Å². The van der Waals surface area contributed by atoms with Gasteiger partial charge in [-0.15, -0.1) is 0 Å². The van der Waals surface area contributed by atoms with Gasteiger partial charge in [0.05, 0.1) is 36.0 Å². The number of aromatic nitrogens is 2. The van der Waals surface area contributed by atoms with Crippen LogP contribution in [-0.2, 0) is 38.2 Å². The van der Waals surface area contributed by atoms with Crippen molar-refractivity contribution in [1.29, 1.82) is 0 Å². The summed E-state index contributed by atoms with van der Waals surface area (Å²) in [4.78, 5) is 74.4. The average Bonchev–Trinajstić information content (AvgIpc) is 3.68. The molecule has 5 rings (SSSR count). The number of rotatable bonds is 14. The van der Waals surface area contributed by atoms with Crippen molar-refractivity contribution in [3.63, 3.8) is 0 Å². The Morgan fingerprint density at radius 3 is 1.98 bits per heavy atom. The van der Waals surface area contributed by atoms with Gasteiger partial charge in [0.2, 0.25) is 11.8 Å². The number of hydrogen-bond donors (Lipinski definition) is 7. The van der Waals surface area contributed by atoms with Crippen molar-refractivity contribution in [2.45, 2.75) is 46.7 Å². The highest BCUT2D eigenvalue weighted by Crippen LogP contribution is 2.31. The first-order valence-corrected chi connectivity index (χ1v) is 17.7. The Labute approximate surface area is 308 Å². The number of hydrazine groups is 1. The molecule has 6 amide bonds. The third-order valence-corrected chi connectivity index (χ3v) is 10.1. The van der Waals surface area contributed by atoms with Crippen molar-refractivity contribution in [2.75, 3.05) is 6.54 Å². The number of aromatic amines is 1. The predicted molar refractivity (Wildman–Crippen MR) is 197 cm³/mol. The molecule has 0 saturated heterocycles. The first-order valence-electron chi connectivity index (χ1n) is 16.5. The lowest BCUT2D eigenvalue weighted by atomic mass is 10.0. The van der Waals surface area contributed by atoms with Crippen molar-refractivity contribution >= 4 is 40.6 Å². The summed E-state index contributed by atoms with van der Waals surface area (Å²) < 4.78 is 0. The molecule has 0 fully saturated rings. The van der Waals surface area contributed by atoms with Crippen molar-refractivity contribution in [1.82, 2.24) is 36.4 Å². The lowest BCUT2D eigenvalue weighted by Crippen LogP contribution is -2.57. The molecule has 2 atom stereocenters. The van der Waals surface area contributed by atoms with E-state index in [4.69, 9.17) is 5.73 Å². The lowest BCUT2D eigenvalue weighted by molar-refractivity contribution is -0.133. The van der Waals surface area contributed by atoms with Crippen molar-refractivity contribution < 1.29 is 29.1 Å². The van der Waals surface area contributed by atoms with Gasteiger partial charge in [-0.2, -0.15) is 0 Å². The monoisotopic (exact) mass is 735 g/mol. The number of H-pyrrole nitrogens is 1. The zero-order valence-corrected chi connectivity index (χ0v) is 29.5. The predicted octanol–water partition coefficient (Wildman–Crippen LogP) is 2.78. The highest BCUT2D eigenvalue weighted by Gasteiger charge is 2.29.